The standard InChI is InChI=1S/C13H22ClN3O/c1-15-11-5-3-4-10(8-11)13-12(14)9-16-17(13)6-7-18-2/h9-11,15H,3-8H2,1-2H3. The van der Waals surface area contributed by atoms with Gasteiger partial charge in [-0.25, -0.2) is 0 Å². The zero-order valence-electron chi connectivity index (χ0n) is 11.2. The summed E-state index contributed by atoms with van der Waals surface area (Å²) < 4.78 is 7.13. The zero-order chi connectivity index (χ0) is 13.0. The van der Waals surface area contributed by atoms with Crippen molar-refractivity contribution in [2.24, 2.45) is 0 Å². The third-order valence-corrected chi connectivity index (χ3v) is 4.10. The summed E-state index contributed by atoms with van der Waals surface area (Å²) in [6.07, 6.45) is 6.62. The van der Waals surface area contributed by atoms with Crippen molar-refractivity contribution in [2.45, 2.75) is 44.2 Å². The SMILES string of the molecule is CNC1CCCC(c2c(Cl)cnn2CCOC)C1. The van der Waals surface area contributed by atoms with Gasteiger partial charge in [0.05, 0.1) is 30.1 Å². The van der Waals surface area contributed by atoms with E-state index in [1.165, 1.54) is 25.0 Å². The fraction of sp³-hybridized carbons (Fsp3) is 0.769. The molecule has 1 fully saturated rings. The van der Waals surface area contributed by atoms with Gasteiger partial charge in [-0.15, -0.1) is 0 Å². The number of hydrogen-bond donors (Lipinski definition) is 1. The predicted molar refractivity (Wildman–Crippen MR) is 73.2 cm³/mol. The van der Waals surface area contributed by atoms with Gasteiger partial charge in [0.25, 0.3) is 0 Å². The summed E-state index contributed by atoms with van der Waals surface area (Å²) in [5.74, 6) is 0.517. The molecule has 1 heterocycles. The van der Waals surface area contributed by atoms with Crippen LogP contribution in [0.1, 0.15) is 37.3 Å². The molecule has 1 aliphatic carbocycles. The van der Waals surface area contributed by atoms with E-state index in [-0.39, 0.29) is 0 Å². The Morgan fingerprint density at radius 3 is 3.11 bits per heavy atom. The van der Waals surface area contributed by atoms with Gasteiger partial charge in [0, 0.05) is 19.1 Å². The molecule has 1 aromatic rings. The summed E-state index contributed by atoms with van der Waals surface area (Å²) in [6.45, 7) is 1.45. The zero-order valence-corrected chi connectivity index (χ0v) is 11.9. The normalized spacial score (nSPS) is 24.4. The van der Waals surface area contributed by atoms with Crippen molar-refractivity contribution in [3.05, 3.63) is 16.9 Å². The molecule has 1 N–H and O–H groups in total. The summed E-state index contributed by atoms with van der Waals surface area (Å²) in [5, 5.41) is 8.54. The number of ether oxygens (including phenoxy) is 1. The van der Waals surface area contributed by atoms with Gasteiger partial charge in [-0.05, 0) is 26.3 Å². The van der Waals surface area contributed by atoms with Gasteiger partial charge in [-0.3, -0.25) is 4.68 Å². The maximum atomic E-state index is 6.30. The molecule has 0 spiro atoms. The second-order valence-electron chi connectivity index (χ2n) is 4.94. The van der Waals surface area contributed by atoms with Gasteiger partial charge in [0.2, 0.25) is 0 Å². The number of aromatic nitrogens is 2. The lowest BCUT2D eigenvalue weighted by Gasteiger charge is -2.29. The molecule has 2 atom stereocenters. The van der Waals surface area contributed by atoms with Crippen molar-refractivity contribution in [3.8, 4) is 0 Å². The first-order valence-corrected chi connectivity index (χ1v) is 7.01. The van der Waals surface area contributed by atoms with E-state index >= 15 is 0 Å². The quantitative estimate of drug-likeness (QED) is 0.894. The Kier molecular flexibility index (Phi) is 5.03. The summed E-state index contributed by atoms with van der Waals surface area (Å²) in [4.78, 5) is 0. The van der Waals surface area contributed by atoms with E-state index in [2.05, 4.69) is 10.4 Å². The van der Waals surface area contributed by atoms with E-state index in [4.69, 9.17) is 16.3 Å². The average molecular weight is 272 g/mol. The Hall–Kier alpha value is -0.580. The second-order valence-corrected chi connectivity index (χ2v) is 5.35. The number of nitrogens with one attached hydrogen (secondary N) is 1. The Bertz CT molecular complexity index is 380. The van der Waals surface area contributed by atoms with Crippen molar-refractivity contribution in [1.29, 1.82) is 0 Å². The van der Waals surface area contributed by atoms with E-state index < -0.39 is 0 Å². The molecular formula is C13H22ClN3O. The van der Waals surface area contributed by atoms with E-state index in [0.717, 1.165) is 18.0 Å². The van der Waals surface area contributed by atoms with Crippen LogP contribution in [0, 0.1) is 0 Å². The highest BCUT2D eigenvalue weighted by Crippen LogP contribution is 2.36. The van der Waals surface area contributed by atoms with Gasteiger partial charge < -0.3 is 10.1 Å². The molecular weight excluding hydrogens is 250 g/mol. The number of methoxy groups -OCH3 is 1. The highest BCUT2D eigenvalue weighted by atomic mass is 35.5. The van der Waals surface area contributed by atoms with Gasteiger partial charge >= 0.3 is 0 Å². The third kappa shape index (κ3) is 3.05. The summed E-state index contributed by atoms with van der Waals surface area (Å²) in [5.41, 5.74) is 1.19. The first-order chi connectivity index (χ1) is 8.76. The summed E-state index contributed by atoms with van der Waals surface area (Å²) >= 11 is 6.30. The van der Waals surface area contributed by atoms with Gasteiger partial charge in [0.1, 0.15) is 0 Å². The fourth-order valence-electron chi connectivity index (χ4n) is 2.83. The van der Waals surface area contributed by atoms with Crippen molar-refractivity contribution in [2.75, 3.05) is 20.8 Å². The molecule has 0 saturated heterocycles. The molecule has 0 aliphatic heterocycles. The molecule has 0 amide bonds. The maximum absolute atomic E-state index is 6.30. The van der Waals surface area contributed by atoms with E-state index in [9.17, 15) is 0 Å². The number of hydrogen-bond acceptors (Lipinski definition) is 3. The van der Waals surface area contributed by atoms with Crippen LogP contribution >= 0.6 is 11.6 Å². The van der Waals surface area contributed by atoms with Crippen molar-refractivity contribution >= 4 is 11.6 Å². The monoisotopic (exact) mass is 271 g/mol. The third-order valence-electron chi connectivity index (χ3n) is 3.81. The first-order valence-electron chi connectivity index (χ1n) is 6.63. The molecule has 5 heteroatoms. The molecule has 1 aromatic heterocycles. The van der Waals surface area contributed by atoms with Crippen LogP contribution < -0.4 is 5.32 Å². The number of halogens is 1. The van der Waals surface area contributed by atoms with E-state index in [0.29, 0.717) is 18.6 Å². The van der Waals surface area contributed by atoms with Crippen LogP contribution in [0.25, 0.3) is 0 Å². The Morgan fingerprint density at radius 2 is 2.39 bits per heavy atom. The minimum absolute atomic E-state index is 0.517. The lowest BCUT2D eigenvalue weighted by molar-refractivity contribution is 0.181. The minimum atomic E-state index is 0.517. The van der Waals surface area contributed by atoms with Crippen molar-refractivity contribution in [3.63, 3.8) is 0 Å². The van der Waals surface area contributed by atoms with Crippen LogP contribution in [0.15, 0.2) is 6.20 Å². The second kappa shape index (κ2) is 6.55. The van der Waals surface area contributed by atoms with Crippen molar-refractivity contribution in [1.82, 2.24) is 15.1 Å². The van der Waals surface area contributed by atoms with Gasteiger partial charge in [-0.2, -0.15) is 5.10 Å². The predicted octanol–water partition coefficient (Wildman–Crippen LogP) is 2.43. The highest BCUT2D eigenvalue weighted by Gasteiger charge is 2.26. The first kappa shape index (κ1) is 13.8. The van der Waals surface area contributed by atoms with Crippen LogP contribution in [0.2, 0.25) is 5.02 Å². The number of rotatable bonds is 5. The Balaban J connectivity index is 2.13. The molecule has 2 rings (SSSR count). The fourth-order valence-corrected chi connectivity index (χ4v) is 3.13. The Labute approximate surface area is 114 Å². The average Bonchev–Trinajstić information content (AvgIpc) is 2.77. The molecule has 4 nitrogen and oxygen atoms in total. The smallest absolute Gasteiger partial charge is 0.0820 e. The molecule has 0 bridgehead atoms. The number of nitrogens with zero attached hydrogens (tertiary/aromatic N) is 2. The maximum Gasteiger partial charge on any atom is 0.0820 e. The molecule has 2 unspecified atom stereocenters. The topological polar surface area (TPSA) is 39.1 Å². The van der Waals surface area contributed by atoms with Crippen LogP contribution in [0.5, 0.6) is 0 Å². The largest absolute Gasteiger partial charge is 0.383 e. The summed E-state index contributed by atoms with van der Waals surface area (Å²) in [7, 11) is 3.75. The molecule has 102 valence electrons. The van der Waals surface area contributed by atoms with E-state index in [1.807, 2.05) is 11.7 Å². The lowest BCUT2D eigenvalue weighted by atomic mass is 9.83. The van der Waals surface area contributed by atoms with Gasteiger partial charge in [0.15, 0.2) is 0 Å². The molecule has 18 heavy (non-hydrogen) atoms. The van der Waals surface area contributed by atoms with Crippen molar-refractivity contribution < 1.29 is 4.74 Å². The highest BCUT2D eigenvalue weighted by molar-refractivity contribution is 6.31. The Morgan fingerprint density at radius 1 is 1.56 bits per heavy atom. The molecule has 0 radical (unpaired) electrons. The minimum Gasteiger partial charge on any atom is -0.383 e. The van der Waals surface area contributed by atoms with E-state index in [1.54, 1.807) is 13.3 Å². The van der Waals surface area contributed by atoms with Crippen LogP contribution in [-0.2, 0) is 11.3 Å². The molecule has 1 saturated carbocycles. The van der Waals surface area contributed by atoms with Gasteiger partial charge in [-0.1, -0.05) is 18.0 Å². The van der Waals surface area contributed by atoms with Crippen LogP contribution in [-0.4, -0.2) is 36.6 Å². The van der Waals surface area contributed by atoms with Crippen LogP contribution in [0.3, 0.4) is 0 Å². The molecule has 1 aliphatic rings. The lowest BCUT2D eigenvalue weighted by Crippen LogP contribution is -2.31. The molecule has 0 aromatic carbocycles. The van der Waals surface area contributed by atoms with Crippen LogP contribution in [0.4, 0.5) is 0 Å². The summed E-state index contributed by atoms with van der Waals surface area (Å²) in [6, 6.07) is 0.602.